The van der Waals surface area contributed by atoms with E-state index >= 15 is 0 Å². The lowest BCUT2D eigenvalue weighted by atomic mass is 10.2. The molecule has 0 spiro atoms. The summed E-state index contributed by atoms with van der Waals surface area (Å²) in [5.74, 6) is 0.794. The van der Waals surface area contributed by atoms with Gasteiger partial charge in [-0.25, -0.2) is 0 Å². The van der Waals surface area contributed by atoms with Crippen LogP contribution in [0.5, 0.6) is 5.75 Å². The van der Waals surface area contributed by atoms with E-state index in [0.29, 0.717) is 17.1 Å². The van der Waals surface area contributed by atoms with Gasteiger partial charge in [0, 0.05) is 15.1 Å². The molecule has 0 atom stereocenters. The van der Waals surface area contributed by atoms with E-state index in [9.17, 15) is 4.79 Å². The number of para-hydroxylation sites is 1. The van der Waals surface area contributed by atoms with E-state index in [1.54, 1.807) is 24.5 Å². The summed E-state index contributed by atoms with van der Waals surface area (Å²) in [7, 11) is 1.58. The molecular formula is C17H14O3S. The maximum atomic E-state index is 12.2. The molecule has 0 saturated heterocycles. The molecule has 0 aliphatic rings. The first-order chi connectivity index (χ1) is 10.2. The van der Waals surface area contributed by atoms with Crippen molar-refractivity contribution < 1.29 is 13.9 Å². The van der Waals surface area contributed by atoms with Gasteiger partial charge in [-0.1, -0.05) is 12.1 Å². The second-order valence-electron chi connectivity index (χ2n) is 4.64. The van der Waals surface area contributed by atoms with Gasteiger partial charge in [0.05, 0.1) is 7.11 Å². The van der Waals surface area contributed by atoms with E-state index in [0.717, 1.165) is 10.3 Å². The van der Waals surface area contributed by atoms with Crippen molar-refractivity contribution >= 4 is 34.2 Å². The summed E-state index contributed by atoms with van der Waals surface area (Å²) >= 11 is 1.65. The third-order valence-corrected chi connectivity index (χ3v) is 4.10. The number of methoxy groups -OCH3 is 1. The number of thiophene rings is 1. The molecule has 0 amide bonds. The van der Waals surface area contributed by atoms with Crippen LogP contribution < -0.4 is 4.74 Å². The molecule has 0 aliphatic heterocycles. The molecule has 3 aromatic rings. The van der Waals surface area contributed by atoms with E-state index in [1.165, 1.54) is 11.0 Å². The molecule has 0 radical (unpaired) electrons. The Morgan fingerprint density at radius 2 is 2.14 bits per heavy atom. The summed E-state index contributed by atoms with van der Waals surface area (Å²) in [6.07, 6.45) is 3.35. The maximum Gasteiger partial charge on any atom is 0.221 e. The van der Waals surface area contributed by atoms with Gasteiger partial charge in [-0.05, 0) is 43.3 Å². The fraction of sp³-hybridized carbons (Fsp3) is 0.118. The zero-order valence-corrected chi connectivity index (χ0v) is 12.6. The van der Waals surface area contributed by atoms with Gasteiger partial charge in [0.2, 0.25) is 5.78 Å². The highest BCUT2D eigenvalue weighted by Crippen LogP contribution is 2.28. The van der Waals surface area contributed by atoms with Crippen LogP contribution in [0.25, 0.3) is 17.0 Å². The Morgan fingerprint density at radius 3 is 2.86 bits per heavy atom. The molecule has 0 aliphatic carbocycles. The molecule has 0 saturated carbocycles. The van der Waals surface area contributed by atoms with Crippen molar-refractivity contribution in [1.29, 1.82) is 0 Å². The molecule has 4 heteroatoms. The van der Waals surface area contributed by atoms with Crippen molar-refractivity contribution in [3.63, 3.8) is 0 Å². The van der Waals surface area contributed by atoms with Gasteiger partial charge in [0.25, 0.3) is 0 Å². The number of fused-ring (bicyclic) bond motifs is 1. The second-order valence-corrected chi connectivity index (χ2v) is 5.95. The highest BCUT2D eigenvalue weighted by molar-refractivity contribution is 7.12. The number of aryl methyl sites for hydroxylation is 1. The highest BCUT2D eigenvalue weighted by Gasteiger charge is 2.12. The summed E-state index contributed by atoms with van der Waals surface area (Å²) < 4.78 is 10.9. The summed E-state index contributed by atoms with van der Waals surface area (Å²) in [5, 5.41) is 0.859. The van der Waals surface area contributed by atoms with Crippen molar-refractivity contribution in [2.24, 2.45) is 0 Å². The summed E-state index contributed by atoms with van der Waals surface area (Å²) in [5.41, 5.74) is 0.601. The predicted molar refractivity (Wildman–Crippen MR) is 85.2 cm³/mol. The lowest BCUT2D eigenvalue weighted by molar-refractivity contribution is 0.102. The Morgan fingerprint density at radius 1 is 1.29 bits per heavy atom. The monoisotopic (exact) mass is 298 g/mol. The number of rotatable bonds is 4. The average Bonchev–Trinajstić information content (AvgIpc) is 3.10. The van der Waals surface area contributed by atoms with Crippen LogP contribution in [0.4, 0.5) is 0 Å². The maximum absolute atomic E-state index is 12.2. The van der Waals surface area contributed by atoms with Crippen LogP contribution in [-0.2, 0) is 0 Å². The van der Waals surface area contributed by atoms with Crippen LogP contribution in [0.15, 0.2) is 46.9 Å². The van der Waals surface area contributed by atoms with Crippen molar-refractivity contribution in [3.8, 4) is 5.75 Å². The molecule has 0 bridgehead atoms. The third-order valence-electron chi connectivity index (χ3n) is 3.13. The lowest BCUT2D eigenvalue weighted by Gasteiger charge is -1.98. The zero-order valence-electron chi connectivity index (χ0n) is 11.8. The molecule has 106 valence electrons. The first-order valence-corrected chi connectivity index (χ1v) is 7.34. The Balaban J connectivity index is 1.89. The number of hydrogen-bond acceptors (Lipinski definition) is 4. The summed E-state index contributed by atoms with van der Waals surface area (Å²) in [4.78, 5) is 14.4. The molecule has 3 nitrogen and oxygen atoms in total. The molecule has 1 aromatic carbocycles. The Labute approximate surface area is 126 Å². The Bertz CT molecular complexity index is 824. The number of ether oxygens (including phenoxy) is 1. The fourth-order valence-corrected chi connectivity index (χ4v) is 2.88. The molecule has 2 aromatic heterocycles. The van der Waals surface area contributed by atoms with Gasteiger partial charge in [-0.15, -0.1) is 11.3 Å². The van der Waals surface area contributed by atoms with Gasteiger partial charge in [-0.3, -0.25) is 4.79 Å². The lowest BCUT2D eigenvalue weighted by Crippen LogP contribution is -1.89. The Kier molecular flexibility index (Phi) is 3.62. The fourth-order valence-electron chi connectivity index (χ4n) is 2.10. The van der Waals surface area contributed by atoms with Crippen molar-refractivity contribution in [2.75, 3.05) is 7.11 Å². The Hall–Kier alpha value is -2.33. The summed E-state index contributed by atoms with van der Waals surface area (Å²) in [6, 6.07) is 11.3. The average molecular weight is 298 g/mol. The molecule has 0 N–H and O–H groups in total. The van der Waals surface area contributed by atoms with Gasteiger partial charge < -0.3 is 9.15 Å². The topological polar surface area (TPSA) is 39.4 Å². The van der Waals surface area contributed by atoms with Crippen molar-refractivity contribution in [1.82, 2.24) is 0 Å². The number of furan rings is 1. The van der Waals surface area contributed by atoms with Crippen LogP contribution in [-0.4, -0.2) is 12.9 Å². The predicted octanol–water partition coefficient (Wildman–Crippen LogP) is 4.71. The minimum absolute atomic E-state index is 0.153. The third kappa shape index (κ3) is 2.76. The molecule has 2 heterocycles. The van der Waals surface area contributed by atoms with Crippen LogP contribution in [0, 0.1) is 6.92 Å². The smallest absolute Gasteiger partial charge is 0.221 e. The minimum atomic E-state index is -0.153. The van der Waals surface area contributed by atoms with E-state index < -0.39 is 0 Å². The van der Waals surface area contributed by atoms with E-state index in [2.05, 4.69) is 0 Å². The number of carbonyl (C=O) groups excluding carboxylic acids is 1. The largest absolute Gasteiger partial charge is 0.493 e. The van der Waals surface area contributed by atoms with Crippen molar-refractivity contribution in [2.45, 2.75) is 6.92 Å². The first kappa shape index (κ1) is 13.6. The molecule has 0 fully saturated rings. The van der Waals surface area contributed by atoms with Gasteiger partial charge in [-0.2, -0.15) is 0 Å². The van der Waals surface area contributed by atoms with Crippen LogP contribution >= 0.6 is 11.3 Å². The molecular weight excluding hydrogens is 284 g/mol. The van der Waals surface area contributed by atoms with E-state index in [4.69, 9.17) is 9.15 Å². The minimum Gasteiger partial charge on any atom is -0.493 e. The first-order valence-electron chi connectivity index (χ1n) is 6.53. The standard InChI is InChI=1S/C17H14O3S/c1-11-6-7-13(21-11)8-9-14(18)16-10-12-4-3-5-15(19-2)17(12)20-16/h3-10H,1-2H3/b9-8+. The normalized spacial score (nSPS) is 11.3. The van der Waals surface area contributed by atoms with Crippen LogP contribution in [0.1, 0.15) is 20.3 Å². The summed E-state index contributed by atoms with van der Waals surface area (Å²) in [6.45, 7) is 2.04. The van der Waals surface area contributed by atoms with Gasteiger partial charge in [0.15, 0.2) is 17.1 Å². The van der Waals surface area contributed by atoms with Gasteiger partial charge >= 0.3 is 0 Å². The highest BCUT2D eigenvalue weighted by atomic mass is 32.1. The molecule has 0 unspecified atom stereocenters. The molecule has 3 rings (SSSR count). The van der Waals surface area contributed by atoms with Crippen molar-refractivity contribution in [3.05, 3.63) is 58.0 Å². The quantitative estimate of drug-likeness (QED) is 0.517. The number of carbonyl (C=O) groups is 1. The number of hydrogen-bond donors (Lipinski definition) is 0. The number of benzene rings is 1. The van der Waals surface area contributed by atoms with E-state index in [1.807, 2.05) is 43.3 Å². The zero-order chi connectivity index (χ0) is 14.8. The number of ketones is 1. The SMILES string of the molecule is COc1cccc2cc(C(=O)/C=C/c3ccc(C)s3)oc12. The van der Waals surface area contributed by atoms with Gasteiger partial charge in [0.1, 0.15) is 0 Å². The second kappa shape index (κ2) is 5.58. The number of allylic oxidation sites excluding steroid dienone is 1. The van der Waals surface area contributed by atoms with Crippen LogP contribution in [0.2, 0.25) is 0 Å². The van der Waals surface area contributed by atoms with Crippen LogP contribution in [0.3, 0.4) is 0 Å². The molecule has 21 heavy (non-hydrogen) atoms. The van der Waals surface area contributed by atoms with E-state index in [-0.39, 0.29) is 5.78 Å².